The van der Waals surface area contributed by atoms with Crippen molar-refractivity contribution in [2.24, 2.45) is 17.3 Å². The van der Waals surface area contributed by atoms with Crippen LogP contribution in [0.2, 0.25) is 0 Å². The third kappa shape index (κ3) is 9.00. The number of carbonyl (C=O) groups excluding carboxylic acids is 1. The molecule has 0 spiro atoms. The highest BCUT2D eigenvalue weighted by molar-refractivity contribution is 5.85. The number of benzene rings is 2. The minimum Gasteiger partial charge on any atom is -0.493 e. The summed E-state index contributed by atoms with van der Waals surface area (Å²) in [6, 6.07) is 16.9. The third-order valence-corrected chi connectivity index (χ3v) is 7.35. The van der Waals surface area contributed by atoms with Crippen molar-refractivity contribution in [3.63, 3.8) is 0 Å². The maximum absolute atomic E-state index is 13.2. The summed E-state index contributed by atoms with van der Waals surface area (Å²) in [6.45, 7) is 6.87. The number of hydrogen-bond acceptors (Lipinski definition) is 3. The molecule has 1 aliphatic rings. The number of aliphatic carboxylic acids is 1. The van der Waals surface area contributed by atoms with Gasteiger partial charge in [0, 0.05) is 12.3 Å². The van der Waals surface area contributed by atoms with Crippen LogP contribution in [-0.2, 0) is 22.4 Å². The number of aryl methyl sites for hydroxylation is 1. The summed E-state index contributed by atoms with van der Waals surface area (Å²) >= 11 is 0. The van der Waals surface area contributed by atoms with Gasteiger partial charge in [-0.2, -0.15) is 0 Å². The first-order valence-electron chi connectivity index (χ1n) is 13.5. The van der Waals surface area contributed by atoms with E-state index >= 15 is 0 Å². The Morgan fingerprint density at radius 3 is 2.25 bits per heavy atom. The van der Waals surface area contributed by atoms with E-state index in [9.17, 15) is 14.7 Å². The Bertz CT molecular complexity index is 943. The number of carboxylic acids is 1. The molecule has 2 aromatic rings. The molecule has 0 bridgehead atoms. The summed E-state index contributed by atoms with van der Waals surface area (Å²) in [5.41, 5.74) is 1.85. The van der Waals surface area contributed by atoms with Crippen LogP contribution in [0.4, 0.5) is 0 Å². The molecule has 1 saturated carbocycles. The zero-order valence-corrected chi connectivity index (χ0v) is 22.2. The lowest BCUT2D eigenvalue weighted by Crippen LogP contribution is -2.47. The fraction of sp³-hybridized carbons (Fsp3) is 0.548. The van der Waals surface area contributed by atoms with Crippen molar-refractivity contribution < 1.29 is 19.4 Å². The van der Waals surface area contributed by atoms with E-state index in [0.717, 1.165) is 30.8 Å². The number of carbonyl (C=O) groups is 2. The summed E-state index contributed by atoms with van der Waals surface area (Å²) < 4.78 is 5.97. The molecule has 0 radical (unpaired) electrons. The summed E-state index contributed by atoms with van der Waals surface area (Å²) in [5.74, 6) is -0.0214. The van der Waals surface area contributed by atoms with Gasteiger partial charge in [-0.25, -0.2) is 4.79 Å². The van der Waals surface area contributed by atoms with Gasteiger partial charge in [0.2, 0.25) is 5.91 Å². The Morgan fingerprint density at radius 2 is 1.64 bits per heavy atom. The van der Waals surface area contributed by atoms with Crippen LogP contribution in [0.5, 0.6) is 5.75 Å². The highest BCUT2D eigenvalue weighted by atomic mass is 16.5. The molecule has 1 amide bonds. The molecule has 1 fully saturated rings. The summed E-state index contributed by atoms with van der Waals surface area (Å²) in [4.78, 5) is 25.2. The lowest BCUT2D eigenvalue weighted by Gasteiger charge is -2.31. The largest absolute Gasteiger partial charge is 0.493 e. The van der Waals surface area contributed by atoms with Gasteiger partial charge >= 0.3 is 5.97 Å². The molecule has 0 heterocycles. The number of carboxylic acid groups (broad SMARTS) is 1. The second-order valence-electron chi connectivity index (χ2n) is 11.4. The number of amides is 1. The van der Waals surface area contributed by atoms with Crippen LogP contribution in [0.25, 0.3) is 0 Å². The maximum atomic E-state index is 13.2. The van der Waals surface area contributed by atoms with E-state index in [2.05, 4.69) is 17.4 Å². The first kappa shape index (κ1) is 27.8. The number of hydrogen-bond donors (Lipinski definition) is 2. The average molecular weight is 494 g/mol. The Hall–Kier alpha value is -2.82. The van der Waals surface area contributed by atoms with Gasteiger partial charge in [0.15, 0.2) is 0 Å². The van der Waals surface area contributed by atoms with E-state index in [4.69, 9.17) is 4.74 Å². The van der Waals surface area contributed by atoms with Crippen molar-refractivity contribution in [2.75, 3.05) is 6.61 Å². The second kappa shape index (κ2) is 13.5. The summed E-state index contributed by atoms with van der Waals surface area (Å²) in [5, 5.41) is 12.7. The highest BCUT2D eigenvalue weighted by Crippen LogP contribution is 2.31. The fourth-order valence-electron chi connectivity index (χ4n) is 5.11. The number of nitrogens with one attached hydrogen (secondary N) is 1. The predicted molar refractivity (Wildman–Crippen MR) is 144 cm³/mol. The second-order valence-corrected chi connectivity index (χ2v) is 11.4. The Labute approximate surface area is 216 Å². The monoisotopic (exact) mass is 493 g/mol. The van der Waals surface area contributed by atoms with Crippen molar-refractivity contribution in [1.29, 1.82) is 0 Å². The minimum absolute atomic E-state index is 0.185. The van der Waals surface area contributed by atoms with Gasteiger partial charge in [0.1, 0.15) is 11.8 Å². The summed E-state index contributed by atoms with van der Waals surface area (Å²) in [6.07, 6.45) is 9.11. The molecule has 5 nitrogen and oxygen atoms in total. The Balaban J connectivity index is 1.54. The molecule has 0 aliphatic heterocycles. The van der Waals surface area contributed by atoms with Crippen LogP contribution in [0.3, 0.4) is 0 Å². The molecule has 3 rings (SSSR count). The molecular formula is C31H43NO4. The van der Waals surface area contributed by atoms with Crippen molar-refractivity contribution in [1.82, 2.24) is 5.32 Å². The molecule has 2 aromatic carbocycles. The quantitative estimate of drug-likeness (QED) is 0.357. The lowest BCUT2D eigenvalue weighted by atomic mass is 9.77. The molecule has 0 unspecified atom stereocenters. The van der Waals surface area contributed by atoms with E-state index in [-0.39, 0.29) is 23.7 Å². The van der Waals surface area contributed by atoms with Crippen LogP contribution in [0.1, 0.15) is 76.8 Å². The van der Waals surface area contributed by atoms with Crippen LogP contribution in [-0.4, -0.2) is 29.6 Å². The van der Waals surface area contributed by atoms with Crippen LogP contribution >= 0.6 is 0 Å². The average Bonchev–Trinajstić information content (AvgIpc) is 2.86. The molecule has 5 heteroatoms. The molecule has 2 atom stereocenters. The van der Waals surface area contributed by atoms with Crippen molar-refractivity contribution >= 4 is 11.9 Å². The van der Waals surface area contributed by atoms with Crippen molar-refractivity contribution in [3.05, 3.63) is 65.7 Å². The van der Waals surface area contributed by atoms with Crippen LogP contribution in [0.15, 0.2) is 54.6 Å². The van der Waals surface area contributed by atoms with Crippen molar-refractivity contribution in [2.45, 2.75) is 84.6 Å². The number of ether oxygens (including phenoxy) is 1. The van der Waals surface area contributed by atoms with Gasteiger partial charge in [-0.3, -0.25) is 4.79 Å². The zero-order valence-electron chi connectivity index (χ0n) is 22.2. The Kier molecular flexibility index (Phi) is 10.4. The van der Waals surface area contributed by atoms with Gasteiger partial charge in [-0.1, -0.05) is 82.5 Å². The number of rotatable bonds is 12. The van der Waals surface area contributed by atoms with Crippen molar-refractivity contribution in [3.8, 4) is 5.75 Å². The highest BCUT2D eigenvalue weighted by Gasteiger charge is 2.33. The molecule has 1 aliphatic carbocycles. The van der Waals surface area contributed by atoms with E-state index in [0.29, 0.717) is 12.3 Å². The standard InChI is InChI=1S/C31H43NO4/c1-31(2,3)27(16-10-15-23-11-6-4-7-12-23)29(33)32-28(30(34)35)21-24-17-19-26(20-18-24)36-22-25-13-8-5-9-14-25/h4,6-7,11-12,17-20,25,27-28H,5,8-10,13-16,21-22H2,1-3H3,(H,32,33)(H,34,35)/t27-,28-/m0/s1. The molecule has 196 valence electrons. The van der Waals surface area contributed by atoms with Gasteiger partial charge in [-0.15, -0.1) is 0 Å². The zero-order chi connectivity index (χ0) is 26.0. The third-order valence-electron chi connectivity index (χ3n) is 7.35. The van der Waals surface area contributed by atoms with E-state index in [1.807, 2.05) is 63.2 Å². The van der Waals surface area contributed by atoms with Crippen LogP contribution < -0.4 is 10.1 Å². The van der Waals surface area contributed by atoms with Gasteiger partial charge in [0.05, 0.1) is 6.61 Å². The summed E-state index contributed by atoms with van der Waals surface area (Å²) in [7, 11) is 0. The van der Waals surface area contributed by atoms with Gasteiger partial charge in [0.25, 0.3) is 0 Å². The molecule has 36 heavy (non-hydrogen) atoms. The van der Waals surface area contributed by atoms with Crippen LogP contribution in [0, 0.1) is 17.3 Å². The van der Waals surface area contributed by atoms with Gasteiger partial charge in [-0.05, 0) is 66.7 Å². The first-order valence-corrected chi connectivity index (χ1v) is 13.5. The molecule has 0 aromatic heterocycles. The van der Waals surface area contributed by atoms with E-state index < -0.39 is 12.0 Å². The normalized spacial score (nSPS) is 16.2. The fourth-order valence-corrected chi connectivity index (χ4v) is 5.11. The topological polar surface area (TPSA) is 75.6 Å². The molecule has 0 saturated heterocycles. The smallest absolute Gasteiger partial charge is 0.326 e. The molecular weight excluding hydrogens is 450 g/mol. The predicted octanol–water partition coefficient (Wildman–Crippen LogP) is 6.44. The SMILES string of the molecule is CC(C)(C)[C@@H](CCCc1ccccc1)C(=O)N[C@@H](Cc1ccc(OCC2CCCCC2)cc1)C(=O)O. The first-order chi connectivity index (χ1) is 17.2. The lowest BCUT2D eigenvalue weighted by molar-refractivity contribution is -0.143. The van der Waals surface area contributed by atoms with Gasteiger partial charge < -0.3 is 15.2 Å². The maximum Gasteiger partial charge on any atom is 0.326 e. The van der Waals surface area contributed by atoms with E-state index in [1.165, 1.54) is 37.7 Å². The van der Waals surface area contributed by atoms with E-state index in [1.54, 1.807) is 0 Å². The Morgan fingerprint density at radius 1 is 0.972 bits per heavy atom. The minimum atomic E-state index is -1.02. The molecule has 2 N–H and O–H groups in total.